The van der Waals surface area contributed by atoms with Crippen LogP contribution in [0.4, 0.5) is 22.7 Å². The van der Waals surface area contributed by atoms with Gasteiger partial charge in [-0.1, -0.05) is 0 Å². The van der Waals surface area contributed by atoms with Gasteiger partial charge in [0.1, 0.15) is 0 Å². The van der Waals surface area contributed by atoms with Gasteiger partial charge in [-0.05, 0) is 42.8 Å². The fraction of sp³-hybridized carbons (Fsp3) is 0.250. The average molecular weight is 314 g/mol. The lowest BCUT2D eigenvalue weighted by molar-refractivity contribution is -0.384. The zero-order valence-corrected chi connectivity index (χ0v) is 12.8. The standard InChI is InChI=1S/C16H18N4O3/c1-19(11-2-12-21)15-7-3-13(4-8-15)17-18-14-5-9-16(10-6-14)20(22)23/h3-10,21H,2,11-12H2,1H3. The second kappa shape index (κ2) is 8.00. The summed E-state index contributed by atoms with van der Waals surface area (Å²) in [6, 6.07) is 13.5. The van der Waals surface area contributed by atoms with Crippen molar-refractivity contribution in [2.24, 2.45) is 10.2 Å². The van der Waals surface area contributed by atoms with Crippen LogP contribution >= 0.6 is 0 Å². The molecule has 0 aliphatic carbocycles. The number of hydrogen-bond donors (Lipinski definition) is 1. The molecule has 0 heterocycles. The molecular weight excluding hydrogens is 296 g/mol. The zero-order valence-electron chi connectivity index (χ0n) is 12.8. The number of nitro benzene ring substituents is 1. The summed E-state index contributed by atoms with van der Waals surface area (Å²) < 4.78 is 0. The van der Waals surface area contributed by atoms with Crippen LogP contribution in [0.15, 0.2) is 58.8 Å². The summed E-state index contributed by atoms with van der Waals surface area (Å²) in [5, 5.41) is 27.6. The molecule has 1 N–H and O–H groups in total. The number of hydrogen-bond acceptors (Lipinski definition) is 6. The average Bonchev–Trinajstić information content (AvgIpc) is 2.58. The van der Waals surface area contributed by atoms with E-state index in [0.717, 1.165) is 18.7 Å². The van der Waals surface area contributed by atoms with Crippen LogP contribution in [0.3, 0.4) is 0 Å². The lowest BCUT2D eigenvalue weighted by Crippen LogP contribution is -2.19. The molecule has 0 aromatic heterocycles. The number of aliphatic hydroxyl groups is 1. The molecule has 0 radical (unpaired) electrons. The number of aliphatic hydroxyl groups excluding tert-OH is 1. The van der Waals surface area contributed by atoms with E-state index in [4.69, 9.17) is 5.11 Å². The van der Waals surface area contributed by atoms with Crippen LogP contribution in [0.5, 0.6) is 0 Å². The Balaban J connectivity index is 2.01. The lowest BCUT2D eigenvalue weighted by Gasteiger charge is -2.18. The van der Waals surface area contributed by atoms with Crippen molar-refractivity contribution in [1.29, 1.82) is 0 Å². The molecule has 7 heteroatoms. The van der Waals surface area contributed by atoms with Gasteiger partial charge >= 0.3 is 0 Å². The Labute approximate surface area is 134 Å². The molecule has 23 heavy (non-hydrogen) atoms. The first kappa shape index (κ1) is 16.6. The van der Waals surface area contributed by atoms with Crippen molar-refractivity contribution < 1.29 is 10.0 Å². The summed E-state index contributed by atoms with van der Waals surface area (Å²) in [5.41, 5.74) is 2.31. The molecule has 0 saturated heterocycles. The number of nitro groups is 1. The molecule has 0 amide bonds. The van der Waals surface area contributed by atoms with Crippen molar-refractivity contribution in [2.75, 3.05) is 25.1 Å². The van der Waals surface area contributed by atoms with Gasteiger partial charge in [-0.25, -0.2) is 0 Å². The van der Waals surface area contributed by atoms with Crippen LogP contribution in [0.25, 0.3) is 0 Å². The number of azo groups is 1. The van der Waals surface area contributed by atoms with E-state index in [1.807, 2.05) is 36.2 Å². The number of non-ortho nitro benzene ring substituents is 1. The third kappa shape index (κ3) is 4.86. The normalized spacial score (nSPS) is 10.9. The molecule has 0 saturated carbocycles. The monoisotopic (exact) mass is 314 g/mol. The quantitative estimate of drug-likeness (QED) is 0.477. The maximum Gasteiger partial charge on any atom is 0.269 e. The Bertz CT molecular complexity index is 669. The van der Waals surface area contributed by atoms with Crippen LogP contribution in [-0.2, 0) is 0 Å². The van der Waals surface area contributed by atoms with Crippen molar-refractivity contribution in [1.82, 2.24) is 0 Å². The molecule has 0 bridgehead atoms. The minimum Gasteiger partial charge on any atom is -0.396 e. The highest BCUT2D eigenvalue weighted by molar-refractivity contribution is 5.52. The first-order chi connectivity index (χ1) is 11.1. The number of anilines is 1. The van der Waals surface area contributed by atoms with Crippen LogP contribution in [-0.4, -0.2) is 30.2 Å². The summed E-state index contributed by atoms with van der Waals surface area (Å²) in [4.78, 5) is 12.2. The van der Waals surface area contributed by atoms with E-state index in [2.05, 4.69) is 10.2 Å². The van der Waals surface area contributed by atoms with Crippen molar-refractivity contribution in [3.05, 3.63) is 58.6 Å². The van der Waals surface area contributed by atoms with Gasteiger partial charge in [-0.15, -0.1) is 0 Å². The molecule has 120 valence electrons. The maximum absolute atomic E-state index is 10.6. The summed E-state index contributed by atoms with van der Waals surface area (Å²) >= 11 is 0. The van der Waals surface area contributed by atoms with Gasteiger partial charge in [0.25, 0.3) is 5.69 Å². The summed E-state index contributed by atoms with van der Waals surface area (Å²) in [6.07, 6.45) is 0.720. The van der Waals surface area contributed by atoms with E-state index in [9.17, 15) is 10.1 Å². The van der Waals surface area contributed by atoms with E-state index in [-0.39, 0.29) is 12.3 Å². The van der Waals surface area contributed by atoms with Crippen LogP contribution in [0, 0.1) is 10.1 Å². The molecule has 7 nitrogen and oxygen atoms in total. The summed E-state index contributed by atoms with van der Waals surface area (Å²) in [5.74, 6) is 0. The highest BCUT2D eigenvalue weighted by Crippen LogP contribution is 2.23. The number of benzene rings is 2. The topological polar surface area (TPSA) is 91.3 Å². The van der Waals surface area contributed by atoms with E-state index in [1.54, 1.807) is 12.1 Å². The lowest BCUT2D eigenvalue weighted by atomic mass is 10.2. The van der Waals surface area contributed by atoms with Gasteiger partial charge in [0.15, 0.2) is 0 Å². The van der Waals surface area contributed by atoms with E-state index in [0.29, 0.717) is 11.4 Å². The SMILES string of the molecule is CN(CCCO)c1ccc(N=Nc2ccc([N+](=O)[O-])cc2)cc1. The van der Waals surface area contributed by atoms with Gasteiger partial charge in [0.2, 0.25) is 0 Å². The third-order valence-corrected chi connectivity index (χ3v) is 3.28. The Hall–Kier alpha value is -2.80. The van der Waals surface area contributed by atoms with Crippen molar-refractivity contribution in [3.63, 3.8) is 0 Å². The Kier molecular flexibility index (Phi) is 5.76. The molecular formula is C16H18N4O3. The van der Waals surface area contributed by atoms with E-state index < -0.39 is 4.92 Å². The molecule has 2 rings (SSSR count). The highest BCUT2D eigenvalue weighted by Gasteiger charge is 2.03. The smallest absolute Gasteiger partial charge is 0.269 e. The fourth-order valence-electron chi connectivity index (χ4n) is 1.97. The summed E-state index contributed by atoms with van der Waals surface area (Å²) in [7, 11) is 1.96. The molecule has 0 fully saturated rings. The second-order valence-electron chi connectivity index (χ2n) is 4.99. The van der Waals surface area contributed by atoms with Crippen LogP contribution in [0.1, 0.15) is 6.42 Å². The van der Waals surface area contributed by atoms with Crippen LogP contribution < -0.4 is 4.90 Å². The van der Waals surface area contributed by atoms with Crippen LogP contribution in [0.2, 0.25) is 0 Å². The molecule has 2 aromatic carbocycles. The van der Waals surface area contributed by atoms with E-state index in [1.165, 1.54) is 12.1 Å². The number of nitrogens with zero attached hydrogens (tertiary/aromatic N) is 4. The minimum absolute atomic E-state index is 0.0271. The van der Waals surface area contributed by atoms with Crippen molar-refractivity contribution in [3.8, 4) is 0 Å². The molecule has 0 unspecified atom stereocenters. The summed E-state index contributed by atoms with van der Waals surface area (Å²) in [6.45, 7) is 0.950. The fourth-order valence-corrected chi connectivity index (χ4v) is 1.97. The minimum atomic E-state index is -0.451. The van der Waals surface area contributed by atoms with Gasteiger partial charge < -0.3 is 10.0 Å². The predicted octanol–water partition coefficient (Wildman–Crippen LogP) is 3.83. The Morgan fingerprint density at radius 1 is 1.04 bits per heavy atom. The third-order valence-electron chi connectivity index (χ3n) is 3.28. The molecule has 0 aliphatic heterocycles. The first-order valence-corrected chi connectivity index (χ1v) is 7.18. The number of rotatable bonds is 7. The zero-order chi connectivity index (χ0) is 16.7. The largest absolute Gasteiger partial charge is 0.396 e. The van der Waals surface area contributed by atoms with Gasteiger partial charge in [0.05, 0.1) is 16.3 Å². The molecule has 0 aliphatic rings. The first-order valence-electron chi connectivity index (χ1n) is 7.18. The molecule has 2 aromatic rings. The molecule has 0 spiro atoms. The van der Waals surface area contributed by atoms with Gasteiger partial charge in [0, 0.05) is 38.0 Å². The predicted molar refractivity (Wildman–Crippen MR) is 88.7 cm³/mol. The van der Waals surface area contributed by atoms with Crippen molar-refractivity contribution >= 4 is 22.7 Å². The van der Waals surface area contributed by atoms with E-state index >= 15 is 0 Å². The Morgan fingerprint density at radius 2 is 1.57 bits per heavy atom. The van der Waals surface area contributed by atoms with Crippen molar-refractivity contribution in [2.45, 2.75) is 6.42 Å². The highest BCUT2D eigenvalue weighted by atomic mass is 16.6. The molecule has 0 atom stereocenters. The maximum atomic E-state index is 10.6. The van der Waals surface area contributed by atoms with Gasteiger partial charge in [-0.3, -0.25) is 10.1 Å². The Morgan fingerprint density at radius 3 is 2.04 bits per heavy atom. The van der Waals surface area contributed by atoms with Gasteiger partial charge in [-0.2, -0.15) is 10.2 Å². The second-order valence-corrected chi connectivity index (χ2v) is 4.99.